The summed E-state index contributed by atoms with van der Waals surface area (Å²) in [6.45, 7) is 0. The molecule has 0 aliphatic heterocycles. The maximum Gasteiger partial charge on any atom is 3.00 e. The summed E-state index contributed by atoms with van der Waals surface area (Å²) in [5.74, 6) is 0. The Labute approximate surface area is 81.6 Å². The van der Waals surface area contributed by atoms with Crippen LogP contribution in [0.1, 0.15) is 0 Å². The second-order valence-electron chi connectivity index (χ2n) is 0. The van der Waals surface area contributed by atoms with Crippen molar-refractivity contribution in [2.45, 2.75) is 0 Å². The van der Waals surface area contributed by atoms with E-state index in [1.807, 2.05) is 0 Å². The van der Waals surface area contributed by atoms with Crippen molar-refractivity contribution >= 4 is 60.2 Å². The molecule has 0 aliphatic carbocycles. The van der Waals surface area contributed by atoms with Crippen LogP contribution in [0.25, 0.3) is 0 Å². The molecule has 32 valence electrons. The molecule has 7 heavy (non-hydrogen) atoms. The van der Waals surface area contributed by atoms with Crippen LogP contribution in [0, 0.1) is 0 Å². The second-order valence-corrected chi connectivity index (χ2v) is 0. The van der Waals surface area contributed by atoms with Crippen molar-refractivity contribution in [3.8, 4) is 0 Å². The van der Waals surface area contributed by atoms with Crippen LogP contribution in [-0.2, 0) is 21.9 Å². The number of hydrogen-bond acceptors (Lipinski definition) is 0. The van der Waals surface area contributed by atoms with Crippen molar-refractivity contribution in [1.82, 2.24) is 0 Å². The molecule has 0 atom stereocenters. The van der Waals surface area contributed by atoms with Crippen LogP contribution in [0.5, 0.6) is 0 Å². The van der Waals surface area contributed by atoms with Crippen molar-refractivity contribution in [3.05, 3.63) is 0 Å². The van der Waals surface area contributed by atoms with Crippen LogP contribution in [0.2, 0.25) is 0 Å². The zero-order valence-electron chi connectivity index (χ0n) is 3.49. The summed E-state index contributed by atoms with van der Waals surface area (Å²) in [6, 6.07) is 0. The Morgan fingerprint density at radius 3 is 0.571 bits per heavy atom. The first-order valence-electron chi connectivity index (χ1n) is 0. The molecule has 4 nitrogen and oxygen atoms in total. The van der Waals surface area contributed by atoms with E-state index < -0.39 is 0 Å². The molecule has 0 radical (unpaired) electrons. The Morgan fingerprint density at radius 2 is 0.571 bits per heavy atom. The fraction of sp³-hybridized carbons (Fsp3) is 0. The van der Waals surface area contributed by atoms with Crippen LogP contribution < -0.4 is 0 Å². The van der Waals surface area contributed by atoms with Gasteiger partial charge in [-0.2, -0.15) is 0 Å². The normalized spacial score (nSPS) is 0. The van der Waals surface area contributed by atoms with Crippen molar-refractivity contribution in [3.63, 3.8) is 0 Å². The van der Waals surface area contributed by atoms with Gasteiger partial charge in [0.25, 0.3) is 0 Å². The Morgan fingerprint density at radius 1 is 0.571 bits per heavy atom. The van der Waals surface area contributed by atoms with Gasteiger partial charge in [0.2, 0.25) is 0 Å². The summed E-state index contributed by atoms with van der Waals surface area (Å²) < 4.78 is 0. The third-order valence-electron chi connectivity index (χ3n) is 0. The van der Waals surface area contributed by atoms with Gasteiger partial charge in [0.15, 0.2) is 0 Å². The predicted octanol–water partition coefficient (Wildman–Crippen LogP) is -1.62. The summed E-state index contributed by atoms with van der Waals surface area (Å²) >= 11 is 0. The minimum Gasteiger partial charge on any atom is -2.00 e. The summed E-state index contributed by atoms with van der Waals surface area (Å²) in [7, 11) is 0. The molecule has 0 N–H and O–H groups in total. The smallest absolute Gasteiger partial charge is 2.00 e. The van der Waals surface area contributed by atoms with Crippen molar-refractivity contribution < 1.29 is 21.9 Å². The molecule has 0 aliphatic rings. The van der Waals surface area contributed by atoms with Crippen molar-refractivity contribution in [1.29, 1.82) is 0 Å². The average molecular weight is 185 g/mol. The number of hydrogen-bond donors (Lipinski definition) is 0. The zero-order chi connectivity index (χ0) is 0. The Kier molecular flexibility index (Phi) is 2720. The molecular formula is AlGaMgO4. The maximum absolute atomic E-state index is 0. The van der Waals surface area contributed by atoms with Crippen LogP contribution in [0.3, 0.4) is 0 Å². The molecule has 7 heteroatoms. The van der Waals surface area contributed by atoms with Gasteiger partial charge in [-0.1, -0.05) is 0 Å². The van der Waals surface area contributed by atoms with Gasteiger partial charge in [0.1, 0.15) is 0 Å². The van der Waals surface area contributed by atoms with E-state index in [1.54, 1.807) is 0 Å². The van der Waals surface area contributed by atoms with Crippen molar-refractivity contribution in [2.75, 3.05) is 0 Å². The molecule has 0 aromatic carbocycles. The first-order chi connectivity index (χ1) is 0. The summed E-state index contributed by atoms with van der Waals surface area (Å²) in [5, 5.41) is 0. The van der Waals surface area contributed by atoms with Crippen molar-refractivity contribution in [2.24, 2.45) is 0 Å². The molecule has 0 amide bonds. The van der Waals surface area contributed by atoms with Crippen LogP contribution in [-0.4, -0.2) is 60.2 Å². The van der Waals surface area contributed by atoms with E-state index in [0.29, 0.717) is 0 Å². The topological polar surface area (TPSA) is 114 Å². The van der Waals surface area contributed by atoms with Gasteiger partial charge in [0.05, 0.1) is 0 Å². The van der Waals surface area contributed by atoms with Gasteiger partial charge < -0.3 is 21.9 Å². The van der Waals surface area contributed by atoms with Crippen LogP contribution in [0.4, 0.5) is 0 Å². The molecule has 0 heterocycles. The largest absolute Gasteiger partial charge is 3.00 e. The maximum atomic E-state index is 0. The van der Waals surface area contributed by atoms with Gasteiger partial charge in [-0.25, -0.2) is 0 Å². The first kappa shape index (κ1) is 168. The molecule has 0 bridgehead atoms. The SMILES string of the molecule is [Al+3].[Ga+3].[Mg+2].[O-2].[O-2].[O-2].[O-2]. The second kappa shape index (κ2) is 113. The number of rotatable bonds is 0. The molecule has 0 aromatic rings. The predicted molar refractivity (Wildman–Crippen MR) is 20.0 cm³/mol. The molecule has 0 rings (SSSR count). The van der Waals surface area contributed by atoms with Gasteiger partial charge in [-0.3, -0.25) is 0 Å². The van der Waals surface area contributed by atoms with E-state index in [4.69, 9.17) is 0 Å². The van der Waals surface area contributed by atoms with Crippen LogP contribution in [0.15, 0.2) is 0 Å². The zero-order valence-corrected chi connectivity index (χ0v) is 8.49. The quantitative estimate of drug-likeness (QED) is 0.403. The Hall–Kier alpha value is 1.78. The Bertz CT molecular complexity index is 11.7. The van der Waals surface area contributed by atoms with Gasteiger partial charge in [0, 0.05) is 0 Å². The van der Waals surface area contributed by atoms with Crippen LogP contribution >= 0.6 is 0 Å². The van der Waals surface area contributed by atoms with E-state index in [9.17, 15) is 0 Å². The molecule has 0 saturated carbocycles. The Balaban J connectivity index is 0. The molecule has 0 aromatic heterocycles. The van der Waals surface area contributed by atoms with Gasteiger partial charge in [-0.15, -0.1) is 0 Å². The molecular weight excluding hydrogens is 185 g/mol. The van der Waals surface area contributed by atoms with E-state index in [2.05, 4.69) is 0 Å². The molecule has 0 fully saturated rings. The fourth-order valence-electron chi connectivity index (χ4n) is 0. The minimum absolute atomic E-state index is 0. The summed E-state index contributed by atoms with van der Waals surface area (Å²) in [4.78, 5) is 0. The third kappa shape index (κ3) is 82.3. The fourth-order valence-corrected chi connectivity index (χ4v) is 0. The third-order valence-corrected chi connectivity index (χ3v) is 0. The van der Waals surface area contributed by atoms with Gasteiger partial charge in [-0.05, 0) is 0 Å². The van der Waals surface area contributed by atoms with E-state index in [-0.39, 0.29) is 82.1 Å². The standard InChI is InChI=1S/Al.Ga.Mg.4O/q2*+3;+2;4*-2. The average Bonchev–Trinajstić information content (AvgIpc) is 0. The molecule has 0 spiro atoms. The molecule has 0 saturated heterocycles. The summed E-state index contributed by atoms with van der Waals surface area (Å²) in [5.41, 5.74) is 0. The van der Waals surface area contributed by atoms with Gasteiger partial charge >= 0.3 is 60.2 Å². The van der Waals surface area contributed by atoms with E-state index in [1.165, 1.54) is 0 Å². The monoisotopic (exact) mass is 184 g/mol. The summed E-state index contributed by atoms with van der Waals surface area (Å²) in [6.07, 6.45) is 0. The molecule has 0 unspecified atom stereocenters. The first-order valence-corrected chi connectivity index (χ1v) is 0. The van der Waals surface area contributed by atoms with E-state index in [0.717, 1.165) is 0 Å². The minimum atomic E-state index is 0. The van der Waals surface area contributed by atoms with E-state index >= 15 is 0 Å².